The van der Waals surface area contributed by atoms with Crippen molar-refractivity contribution in [1.82, 2.24) is 14.4 Å². The van der Waals surface area contributed by atoms with E-state index in [1.807, 2.05) is 23.0 Å². The number of β-amino-alcohol motifs (C(OH)–C–C–N with tert-alkyl or cyclic N) is 1. The van der Waals surface area contributed by atoms with Crippen molar-refractivity contribution in [2.24, 2.45) is 4.99 Å². The van der Waals surface area contributed by atoms with Crippen molar-refractivity contribution in [3.63, 3.8) is 0 Å². The first kappa shape index (κ1) is 19.0. The van der Waals surface area contributed by atoms with Crippen LogP contribution in [0.3, 0.4) is 0 Å². The van der Waals surface area contributed by atoms with Gasteiger partial charge in [0, 0.05) is 54.8 Å². The number of aliphatic hydroxyl groups excluding tert-OH is 1. The van der Waals surface area contributed by atoms with Gasteiger partial charge in [0.15, 0.2) is 11.5 Å². The van der Waals surface area contributed by atoms with Gasteiger partial charge in [-0.25, -0.2) is 9.97 Å². The van der Waals surface area contributed by atoms with Gasteiger partial charge < -0.3 is 19.7 Å². The van der Waals surface area contributed by atoms with Crippen LogP contribution in [0.1, 0.15) is 24.0 Å². The first-order valence-electron chi connectivity index (χ1n) is 11.0. The van der Waals surface area contributed by atoms with Gasteiger partial charge in [0.2, 0.25) is 0 Å². The predicted octanol–water partition coefficient (Wildman–Crippen LogP) is 4.03. The number of anilines is 3. The van der Waals surface area contributed by atoms with Crippen LogP contribution in [0.25, 0.3) is 16.9 Å². The van der Waals surface area contributed by atoms with Gasteiger partial charge in [-0.3, -0.25) is 4.99 Å². The summed E-state index contributed by atoms with van der Waals surface area (Å²) in [4.78, 5) is 16.0. The zero-order chi connectivity index (χ0) is 21.5. The quantitative estimate of drug-likeness (QED) is 0.517. The Bertz CT molecular complexity index is 1310. The molecule has 7 heteroatoms. The number of hydrogen-bond acceptors (Lipinski definition) is 6. The number of aliphatic imine (C=N–C) groups is 1. The normalized spacial score (nSPS) is 17.7. The standard InChI is InChI=1S/C25H24N6O/c32-22-2-1-10-30(15-22)21-7-5-20(6-8-21)28-24-25-27-9-11-31(25)16-23(29-24)17-3-4-18-13-26-14-19(18)12-17/h3-9,11-13,16,22,32H,1-2,10,14-15H2,(H,28,29)/t22-/m0/s1. The second kappa shape index (κ2) is 7.76. The maximum atomic E-state index is 9.96. The molecule has 1 fully saturated rings. The second-order valence-corrected chi connectivity index (χ2v) is 8.43. The van der Waals surface area contributed by atoms with Crippen LogP contribution in [0.15, 0.2) is 66.0 Å². The van der Waals surface area contributed by atoms with Crippen molar-refractivity contribution in [3.8, 4) is 11.3 Å². The Morgan fingerprint density at radius 3 is 2.88 bits per heavy atom. The van der Waals surface area contributed by atoms with Gasteiger partial charge in [0.25, 0.3) is 0 Å². The fourth-order valence-electron chi connectivity index (χ4n) is 4.51. The van der Waals surface area contributed by atoms with Crippen molar-refractivity contribution in [2.75, 3.05) is 23.3 Å². The lowest BCUT2D eigenvalue weighted by atomic mass is 10.0. The van der Waals surface area contributed by atoms with Crippen molar-refractivity contribution in [1.29, 1.82) is 0 Å². The Morgan fingerprint density at radius 2 is 2.00 bits per heavy atom. The maximum Gasteiger partial charge on any atom is 0.180 e. The lowest BCUT2D eigenvalue weighted by Gasteiger charge is -2.32. The van der Waals surface area contributed by atoms with Crippen LogP contribution in [-0.2, 0) is 6.54 Å². The molecular weight excluding hydrogens is 400 g/mol. The number of nitrogens with zero attached hydrogens (tertiary/aromatic N) is 5. The van der Waals surface area contributed by atoms with Gasteiger partial charge in [-0.15, -0.1) is 0 Å². The molecule has 0 radical (unpaired) electrons. The largest absolute Gasteiger partial charge is 0.391 e. The Morgan fingerprint density at radius 1 is 1.09 bits per heavy atom. The van der Waals surface area contributed by atoms with Crippen LogP contribution < -0.4 is 10.2 Å². The van der Waals surface area contributed by atoms with E-state index in [1.165, 1.54) is 11.1 Å². The van der Waals surface area contributed by atoms with E-state index in [2.05, 4.69) is 62.7 Å². The molecule has 160 valence electrons. The number of nitrogens with one attached hydrogen (secondary N) is 1. The molecule has 32 heavy (non-hydrogen) atoms. The Hall–Kier alpha value is -3.71. The molecule has 2 aliphatic heterocycles. The highest BCUT2D eigenvalue weighted by Crippen LogP contribution is 2.28. The van der Waals surface area contributed by atoms with Gasteiger partial charge in [-0.05, 0) is 54.3 Å². The fraction of sp³-hybridized carbons (Fsp3) is 0.240. The molecule has 0 amide bonds. The molecule has 0 unspecified atom stereocenters. The summed E-state index contributed by atoms with van der Waals surface area (Å²) < 4.78 is 2.00. The molecule has 0 aliphatic carbocycles. The summed E-state index contributed by atoms with van der Waals surface area (Å²) in [5.41, 5.74) is 7.20. The fourth-order valence-corrected chi connectivity index (χ4v) is 4.51. The highest BCUT2D eigenvalue weighted by molar-refractivity contribution is 5.86. The molecule has 1 atom stereocenters. The van der Waals surface area contributed by atoms with Gasteiger partial charge in [0.05, 0.1) is 18.3 Å². The zero-order valence-electron chi connectivity index (χ0n) is 17.6. The molecule has 0 bridgehead atoms. The average molecular weight is 425 g/mol. The SMILES string of the molecule is O[C@H]1CCCN(c2ccc(Nc3nc(-c4ccc5c(c4)CN=C5)cn4ccnc34)cc2)C1. The number of piperidine rings is 1. The molecule has 7 nitrogen and oxygen atoms in total. The predicted molar refractivity (Wildman–Crippen MR) is 127 cm³/mol. The zero-order valence-corrected chi connectivity index (χ0v) is 17.6. The highest BCUT2D eigenvalue weighted by Gasteiger charge is 2.18. The van der Waals surface area contributed by atoms with Crippen molar-refractivity contribution in [2.45, 2.75) is 25.5 Å². The van der Waals surface area contributed by atoms with Crippen molar-refractivity contribution >= 4 is 29.1 Å². The number of imidazole rings is 1. The molecule has 2 aromatic carbocycles. The van der Waals surface area contributed by atoms with E-state index in [0.717, 1.165) is 54.2 Å². The number of hydrogen-bond donors (Lipinski definition) is 2. The van der Waals surface area contributed by atoms with Gasteiger partial charge in [-0.2, -0.15) is 0 Å². The van der Waals surface area contributed by atoms with E-state index >= 15 is 0 Å². The van der Waals surface area contributed by atoms with E-state index in [9.17, 15) is 5.11 Å². The highest BCUT2D eigenvalue weighted by atomic mass is 16.3. The summed E-state index contributed by atoms with van der Waals surface area (Å²) >= 11 is 0. The summed E-state index contributed by atoms with van der Waals surface area (Å²) in [7, 11) is 0. The van der Waals surface area contributed by atoms with E-state index in [0.29, 0.717) is 12.4 Å². The number of aliphatic hydroxyl groups is 1. The topological polar surface area (TPSA) is 78.0 Å². The third-order valence-corrected chi connectivity index (χ3v) is 6.20. The number of fused-ring (bicyclic) bond motifs is 2. The van der Waals surface area contributed by atoms with E-state index in [4.69, 9.17) is 4.98 Å². The van der Waals surface area contributed by atoms with Gasteiger partial charge in [-0.1, -0.05) is 12.1 Å². The Kier molecular flexibility index (Phi) is 4.61. The summed E-state index contributed by atoms with van der Waals surface area (Å²) in [5, 5.41) is 13.4. The van der Waals surface area contributed by atoms with Crippen molar-refractivity contribution in [3.05, 3.63) is 72.2 Å². The Balaban J connectivity index is 1.30. The summed E-state index contributed by atoms with van der Waals surface area (Å²) in [6, 6.07) is 14.6. The van der Waals surface area contributed by atoms with E-state index < -0.39 is 0 Å². The molecule has 6 rings (SSSR count). The van der Waals surface area contributed by atoms with Crippen LogP contribution in [0.5, 0.6) is 0 Å². The number of aromatic nitrogens is 3. The van der Waals surface area contributed by atoms with E-state index in [-0.39, 0.29) is 6.10 Å². The van der Waals surface area contributed by atoms with E-state index in [1.54, 1.807) is 6.20 Å². The monoisotopic (exact) mass is 424 g/mol. The summed E-state index contributed by atoms with van der Waals surface area (Å²) in [6.45, 7) is 2.40. The minimum absolute atomic E-state index is 0.243. The number of benzene rings is 2. The third-order valence-electron chi connectivity index (χ3n) is 6.20. The minimum atomic E-state index is -0.243. The first-order chi connectivity index (χ1) is 15.7. The third kappa shape index (κ3) is 3.50. The smallest absolute Gasteiger partial charge is 0.180 e. The molecule has 2 aromatic heterocycles. The molecule has 2 N–H and O–H groups in total. The summed E-state index contributed by atoms with van der Waals surface area (Å²) in [5.74, 6) is 0.713. The van der Waals surface area contributed by atoms with Crippen LogP contribution in [0.4, 0.5) is 17.2 Å². The van der Waals surface area contributed by atoms with Gasteiger partial charge >= 0.3 is 0 Å². The molecule has 0 saturated carbocycles. The van der Waals surface area contributed by atoms with Crippen LogP contribution in [0, 0.1) is 0 Å². The Labute approximate surface area is 186 Å². The minimum Gasteiger partial charge on any atom is -0.391 e. The summed E-state index contributed by atoms with van der Waals surface area (Å²) in [6.07, 6.45) is 9.32. The van der Waals surface area contributed by atoms with Crippen LogP contribution in [0.2, 0.25) is 0 Å². The van der Waals surface area contributed by atoms with Crippen LogP contribution >= 0.6 is 0 Å². The second-order valence-electron chi connectivity index (χ2n) is 8.43. The molecule has 4 aromatic rings. The molecule has 0 spiro atoms. The first-order valence-corrected chi connectivity index (χ1v) is 11.0. The maximum absolute atomic E-state index is 9.96. The lowest BCUT2D eigenvalue weighted by Crippen LogP contribution is -2.38. The molecular formula is C25H24N6O. The van der Waals surface area contributed by atoms with Gasteiger partial charge in [0.1, 0.15) is 0 Å². The lowest BCUT2D eigenvalue weighted by molar-refractivity contribution is 0.154. The average Bonchev–Trinajstić information content (AvgIpc) is 3.48. The van der Waals surface area contributed by atoms with Crippen molar-refractivity contribution < 1.29 is 5.11 Å². The molecule has 2 aliphatic rings. The molecule has 4 heterocycles. The molecule has 1 saturated heterocycles. The number of rotatable bonds is 4. The van der Waals surface area contributed by atoms with Crippen LogP contribution in [-0.4, -0.2) is 44.9 Å².